The molecule has 30 heavy (non-hydrogen) atoms. The lowest BCUT2D eigenvalue weighted by Crippen LogP contribution is -2.10. The Hall–Kier alpha value is -3.52. The monoisotopic (exact) mass is 389 g/mol. The molecule has 0 amide bonds. The van der Waals surface area contributed by atoms with Gasteiger partial charge < -0.3 is 8.98 Å². The lowest BCUT2D eigenvalue weighted by molar-refractivity contribution is 0.590. The molecule has 0 aliphatic carbocycles. The highest BCUT2D eigenvalue weighted by Gasteiger charge is 2.20. The summed E-state index contributed by atoms with van der Waals surface area (Å²) in [5, 5.41) is 4.77. The molecule has 6 rings (SSSR count). The molecule has 4 aromatic carbocycles. The van der Waals surface area contributed by atoms with E-state index < -0.39 is 0 Å². The van der Waals surface area contributed by atoms with Gasteiger partial charge in [0, 0.05) is 21.8 Å². The van der Waals surface area contributed by atoms with Gasteiger partial charge in [-0.15, -0.1) is 0 Å². The summed E-state index contributed by atoms with van der Waals surface area (Å²) in [5.41, 5.74) is 6.87. The van der Waals surface area contributed by atoms with E-state index in [-0.39, 0.29) is 5.41 Å². The molecular formula is C28H23NO. The van der Waals surface area contributed by atoms with Crippen molar-refractivity contribution in [3.05, 3.63) is 90.5 Å². The lowest BCUT2D eigenvalue weighted by Gasteiger charge is -2.18. The minimum absolute atomic E-state index is 0.102. The van der Waals surface area contributed by atoms with Crippen molar-refractivity contribution >= 4 is 43.7 Å². The Morgan fingerprint density at radius 3 is 2.23 bits per heavy atom. The third-order valence-electron chi connectivity index (χ3n) is 6.15. The van der Waals surface area contributed by atoms with Gasteiger partial charge in [0.05, 0.1) is 16.4 Å². The van der Waals surface area contributed by atoms with Crippen LogP contribution in [-0.2, 0) is 5.41 Å². The van der Waals surface area contributed by atoms with Gasteiger partial charge >= 0.3 is 0 Å². The minimum atomic E-state index is 0.102. The van der Waals surface area contributed by atoms with Gasteiger partial charge in [0.25, 0.3) is 0 Å². The minimum Gasteiger partial charge on any atom is -0.455 e. The summed E-state index contributed by atoms with van der Waals surface area (Å²) in [6, 6.07) is 30.2. The largest absolute Gasteiger partial charge is 0.455 e. The lowest BCUT2D eigenvalue weighted by atomic mass is 9.86. The molecule has 0 aliphatic heterocycles. The highest BCUT2D eigenvalue weighted by molar-refractivity contribution is 6.23. The zero-order chi connectivity index (χ0) is 20.5. The Balaban J connectivity index is 1.78. The van der Waals surface area contributed by atoms with E-state index >= 15 is 0 Å². The molecule has 0 radical (unpaired) electrons. The van der Waals surface area contributed by atoms with Crippen molar-refractivity contribution in [3.63, 3.8) is 0 Å². The molecule has 0 spiro atoms. The highest BCUT2D eigenvalue weighted by atomic mass is 16.3. The van der Waals surface area contributed by atoms with Gasteiger partial charge in [-0.3, -0.25) is 0 Å². The van der Waals surface area contributed by atoms with Crippen LogP contribution < -0.4 is 0 Å². The molecule has 2 heteroatoms. The zero-order valence-corrected chi connectivity index (χ0v) is 17.4. The van der Waals surface area contributed by atoms with Gasteiger partial charge in [-0.1, -0.05) is 63.2 Å². The molecule has 0 bridgehead atoms. The highest BCUT2D eigenvalue weighted by Crippen LogP contribution is 2.41. The van der Waals surface area contributed by atoms with E-state index in [0.717, 1.165) is 16.9 Å². The van der Waals surface area contributed by atoms with Crippen LogP contribution in [-0.4, -0.2) is 4.57 Å². The average Bonchev–Trinajstić information content (AvgIpc) is 3.28. The molecule has 0 saturated heterocycles. The van der Waals surface area contributed by atoms with E-state index in [0.29, 0.717) is 0 Å². The van der Waals surface area contributed by atoms with Crippen LogP contribution in [0.15, 0.2) is 89.3 Å². The van der Waals surface area contributed by atoms with Crippen molar-refractivity contribution < 1.29 is 4.42 Å². The molecule has 2 heterocycles. The zero-order valence-electron chi connectivity index (χ0n) is 17.4. The van der Waals surface area contributed by atoms with Gasteiger partial charge in [-0.2, -0.15) is 0 Å². The summed E-state index contributed by atoms with van der Waals surface area (Å²) in [4.78, 5) is 0. The number of furan rings is 1. The topological polar surface area (TPSA) is 18.1 Å². The van der Waals surface area contributed by atoms with E-state index in [1.807, 2.05) is 0 Å². The van der Waals surface area contributed by atoms with Gasteiger partial charge in [-0.25, -0.2) is 0 Å². The predicted octanol–water partition coefficient (Wildman–Crippen LogP) is 7.98. The van der Waals surface area contributed by atoms with Crippen LogP contribution in [0, 0.1) is 0 Å². The van der Waals surface area contributed by atoms with Crippen molar-refractivity contribution in [1.29, 1.82) is 0 Å². The summed E-state index contributed by atoms with van der Waals surface area (Å²) in [6.07, 6.45) is 0. The van der Waals surface area contributed by atoms with Gasteiger partial charge in [0.1, 0.15) is 11.2 Å². The summed E-state index contributed by atoms with van der Waals surface area (Å²) >= 11 is 0. The van der Waals surface area contributed by atoms with E-state index in [1.54, 1.807) is 0 Å². The smallest absolute Gasteiger partial charge is 0.145 e. The number of benzene rings is 4. The first-order valence-corrected chi connectivity index (χ1v) is 10.5. The third-order valence-corrected chi connectivity index (χ3v) is 6.15. The van der Waals surface area contributed by atoms with Crippen LogP contribution in [0.2, 0.25) is 0 Å². The maximum Gasteiger partial charge on any atom is 0.145 e. The van der Waals surface area contributed by atoms with Crippen molar-refractivity contribution in [2.75, 3.05) is 0 Å². The first-order chi connectivity index (χ1) is 14.5. The molecule has 146 valence electrons. The van der Waals surface area contributed by atoms with E-state index in [9.17, 15) is 0 Å². The molecular weight excluding hydrogens is 366 g/mol. The molecule has 0 atom stereocenters. The first kappa shape index (κ1) is 17.3. The van der Waals surface area contributed by atoms with Gasteiger partial charge in [0.15, 0.2) is 0 Å². The summed E-state index contributed by atoms with van der Waals surface area (Å²) in [7, 11) is 0. The second-order valence-electron chi connectivity index (χ2n) is 9.09. The Kier molecular flexibility index (Phi) is 3.47. The van der Waals surface area contributed by atoms with Crippen LogP contribution in [0.25, 0.3) is 49.4 Å². The molecule has 0 unspecified atom stereocenters. The van der Waals surface area contributed by atoms with Crippen LogP contribution in [0.1, 0.15) is 26.3 Å². The summed E-state index contributed by atoms with van der Waals surface area (Å²) in [5.74, 6) is 0. The van der Waals surface area contributed by atoms with Crippen LogP contribution in [0.5, 0.6) is 0 Å². The second-order valence-corrected chi connectivity index (χ2v) is 9.09. The molecule has 2 nitrogen and oxygen atoms in total. The predicted molar refractivity (Wildman–Crippen MR) is 127 cm³/mol. The van der Waals surface area contributed by atoms with Crippen LogP contribution >= 0.6 is 0 Å². The first-order valence-electron chi connectivity index (χ1n) is 10.5. The van der Waals surface area contributed by atoms with Crippen molar-refractivity contribution in [2.24, 2.45) is 0 Å². The second kappa shape index (κ2) is 5.99. The fourth-order valence-electron chi connectivity index (χ4n) is 4.61. The Bertz CT molecular complexity index is 1560. The van der Waals surface area contributed by atoms with Gasteiger partial charge in [-0.05, 0) is 53.4 Å². The number of aromatic nitrogens is 1. The van der Waals surface area contributed by atoms with E-state index in [1.165, 1.54) is 38.1 Å². The average molecular weight is 389 g/mol. The van der Waals surface area contributed by atoms with E-state index in [4.69, 9.17) is 4.42 Å². The van der Waals surface area contributed by atoms with Crippen molar-refractivity contribution in [1.82, 2.24) is 4.57 Å². The maximum atomic E-state index is 6.48. The Morgan fingerprint density at radius 1 is 0.667 bits per heavy atom. The molecule has 2 aromatic heterocycles. The molecule has 0 saturated carbocycles. The molecule has 6 aromatic rings. The molecule has 0 N–H and O–H groups in total. The normalized spacial score (nSPS) is 12.5. The maximum absolute atomic E-state index is 6.48. The Labute approximate surface area is 175 Å². The van der Waals surface area contributed by atoms with Crippen molar-refractivity contribution in [3.8, 4) is 5.69 Å². The number of rotatable bonds is 1. The van der Waals surface area contributed by atoms with Crippen LogP contribution in [0.3, 0.4) is 0 Å². The molecule has 0 aliphatic rings. The quantitative estimate of drug-likeness (QED) is 0.279. The number of fused-ring (bicyclic) bond motifs is 7. The van der Waals surface area contributed by atoms with Crippen molar-refractivity contribution in [2.45, 2.75) is 26.2 Å². The van der Waals surface area contributed by atoms with Crippen LogP contribution in [0.4, 0.5) is 0 Å². The number of hydrogen-bond donors (Lipinski definition) is 0. The summed E-state index contributed by atoms with van der Waals surface area (Å²) in [6.45, 7) is 6.76. The number of nitrogens with zero attached hydrogens (tertiary/aromatic N) is 1. The summed E-state index contributed by atoms with van der Waals surface area (Å²) < 4.78 is 8.81. The Morgan fingerprint density at radius 2 is 1.43 bits per heavy atom. The standard InChI is InChI=1S/C28H23NO/c1-28(2,3)18-13-16-25-22(17-18)20-14-15-24-26(27(20)30-25)21-11-7-8-12-23(21)29(24)19-9-5-4-6-10-19/h4-17H,1-3H3. The third kappa shape index (κ3) is 2.37. The van der Waals surface area contributed by atoms with Gasteiger partial charge in [0.2, 0.25) is 0 Å². The molecule has 0 fully saturated rings. The SMILES string of the molecule is CC(C)(C)c1ccc2oc3c(ccc4c3c3ccccc3n4-c3ccccc3)c2c1. The fourth-order valence-corrected chi connectivity index (χ4v) is 4.61. The number of para-hydroxylation sites is 2. The van der Waals surface area contributed by atoms with E-state index in [2.05, 4.69) is 110 Å². The number of hydrogen-bond acceptors (Lipinski definition) is 1. The fraction of sp³-hybridized carbons (Fsp3) is 0.143.